The van der Waals surface area contributed by atoms with Crippen molar-refractivity contribution in [2.75, 3.05) is 5.32 Å². The number of Topliss-reactive ketones (excluding diaryl/α,β-unsaturated/α-hetero) is 1. The van der Waals surface area contributed by atoms with Crippen molar-refractivity contribution in [1.82, 2.24) is 0 Å². The van der Waals surface area contributed by atoms with E-state index in [1.807, 2.05) is 12.2 Å². The summed E-state index contributed by atoms with van der Waals surface area (Å²) in [4.78, 5) is 23.5. The van der Waals surface area contributed by atoms with E-state index in [9.17, 15) is 22.8 Å². The molecule has 2 rings (SSSR count). The number of benzene rings is 2. The Morgan fingerprint density at radius 3 is 2.14 bits per heavy atom. The first-order valence-corrected chi connectivity index (χ1v) is 5.96. The van der Waals surface area contributed by atoms with Gasteiger partial charge in [-0.3, -0.25) is 9.59 Å². The Hall–Kier alpha value is -2.63. The molecule has 0 aromatic heterocycles. The van der Waals surface area contributed by atoms with Crippen LogP contribution in [-0.4, -0.2) is 11.7 Å². The molecule has 0 unspecified atom stereocenters. The fourth-order valence-corrected chi connectivity index (χ4v) is 1.64. The second-order valence-electron chi connectivity index (χ2n) is 4.37. The van der Waals surface area contributed by atoms with Crippen molar-refractivity contribution in [2.24, 2.45) is 0 Å². The summed E-state index contributed by atoms with van der Waals surface area (Å²) in [6.07, 6.45) is 0. The van der Waals surface area contributed by atoms with E-state index in [1.54, 1.807) is 12.1 Å². The molecule has 0 heterocycles. The molecule has 108 valence electrons. The zero-order valence-corrected chi connectivity index (χ0v) is 10.9. The standard InChI is InChI=1S/C15H10F3NO2/c1-8-2-4-9(5-3-8)14(20)15(21)19-11-7-6-10(16)12(17)13(11)18/h2-7H,1H3,(H,19,21). The average Bonchev–Trinajstić information content (AvgIpc) is 2.48. The van der Waals surface area contributed by atoms with E-state index >= 15 is 0 Å². The molecular formula is C15H10F3NO2. The highest BCUT2D eigenvalue weighted by atomic mass is 19.2. The van der Waals surface area contributed by atoms with E-state index in [1.165, 1.54) is 12.1 Å². The molecule has 0 aliphatic heterocycles. The Balaban J connectivity index is 2.20. The number of halogens is 3. The minimum Gasteiger partial charge on any atom is -0.316 e. The molecular weight excluding hydrogens is 283 g/mol. The number of rotatable bonds is 3. The molecule has 0 saturated heterocycles. The summed E-state index contributed by atoms with van der Waals surface area (Å²) in [6.45, 7) is 1.81. The van der Waals surface area contributed by atoms with E-state index in [0.717, 1.165) is 11.6 Å². The van der Waals surface area contributed by atoms with Gasteiger partial charge in [0.25, 0.3) is 11.7 Å². The zero-order valence-electron chi connectivity index (χ0n) is 10.9. The van der Waals surface area contributed by atoms with Gasteiger partial charge in [-0.25, -0.2) is 13.2 Å². The van der Waals surface area contributed by atoms with Gasteiger partial charge in [0, 0.05) is 5.56 Å². The maximum atomic E-state index is 13.4. The zero-order chi connectivity index (χ0) is 15.6. The average molecular weight is 293 g/mol. The lowest BCUT2D eigenvalue weighted by atomic mass is 10.1. The molecule has 1 N–H and O–H groups in total. The normalized spacial score (nSPS) is 10.3. The topological polar surface area (TPSA) is 46.2 Å². The SMILES string of the molecule is Cc1ccc(C(=O)C(=O)Nc2ccc(F)c(F)c2F)cc1. The van der Waals surface area contributed by atoms with Crippen LogP contribution in [0.1, 0.15) is 15.9 Å². The third-order valence-corrected chi connectivity index (χ3v) is 2.80. The summed E-state index contributed by atoms with van der Waals surface area (Å²) in [5.41, 5.74) is 0.416. The van der Waals surface area contributed by atoms with Gasteiger partial charge < -0.3 is 5.32 Å². The van der Waals surface area contributed by atoms with Gasteiger partial charge >= 0.3 is 0 Å². The maximum Gasteiger partial charge on any atom is 0.296 e. The van der Waals surface area contributed by atoms with Crippen molar-refractivity contribution in [3.05, 3.63) is 65.0 Å². The van der Waals surface area contributed by atoms with E-state index in [-0.39, 0.29) is 5.56 Å². The summed E-state index contributed by atoms with van der Waals surface area (Å²) >= 11 is 0. The van der Waals surface area contributed by atoms with E-state index in [0.29, 0.717) is 6.07 Å². The number of aryl methyl sites for hydroxylation is 1. The lowest BCUT2D eigenvalue weighted by Crippen LogP contribution is -2.23. The summed E-state index contributed by atoms with van der Waals surface area (Å²) in [6, 6.07) is 7.66. The van der Waals surface area contributed by atoms with Crippen LogP contribution >= 0.6 is 0 Å². The molecule has 21 heavy (non-hydrogen) atoms. The Labute approximate surface area is 118 Å². The molecule has 6 heteroatoms. The van der Waals surface area contributed by atoms with Crippen LogP contribution < -0.4 is 5.32 Å². The second-order valence-corrected chi connectivity index (χ2v) is 4.37. The maximum absolute atomic E-state index is 13.4. The molecule has 0 atom stereocenters. The fraction of sp³-hybridized carbons (Fsp3) is 0.0667. The van der Waals surface area contributed by atoms with Crippen molar-refractivity contribution < 1.29 is 22.8 Å². The summed E-state index contributed by atoms with van der Waals surface area (Å²) in [5.74, 6) is -6.69. The molecule has 0 fully saturated rings. The number of hydrogen-bond acceptors (Lipinski definition) is 2. The van der Waals surface area contributed by atoms with Crippen molar-refractivity contribution in [2.45, 2.75) is 6.92 Å². The predicted octanol–water partition coefficient (Wildman–Crippen LogP) is 3.23. The Bertz CT molecular complexity index is 712. The Morgan fingerprint density at radius 1 is 0.905 bits per heavy atom. The summed E-state index contributed by atoms with van der Waals surface area (Å²) in [7, 11) is 0. The number of carbonyl (C=O) groups is 2. The van der Waals surface area contributed by atoms with E-state index in [2.05, 4.69) is 0 Å². The monoisotopic (exact) mass is 293 g/mol. The number of hydrogen-bond donors (Lipinski definition) is 1. The van der Waals surface area contributed by atoms with Crippen molar-refractivity contribution in [1.29, 1.82) is 0 Å². The van der Waals surface area contributed by atoms with Crippen LogP contribution in [0.25, 0.3) is 0 Å². The van der Waals surface area contributed by atoms with Gasteiger partial charge in [-0.2, -0.15) is 0 Å². The highest BCUT2D eigenvalue weighted by Crippen LogP contribution is 2.19. The third kappa shape index (κ3) is 3.10. The number of nitrogens with one attached hydrogen (secondary N) is 1. The molecule has 0 radical (unpaired) electrons. The first-order chi connectivity index (χ1) is 9.90. The first kappa shape index (κ1) is 14.8. The smallest absolute Gasteiger partial charge is 0.296 e. The van der Waals surface area contributed by atoms with Crippen molar-refractivity contribution in [3.8, 4) is 0 Å². The molecule has 0 saturated carbocycles. The molecule has 0 aliphatic carbocycles. The van der Waals surface area contributed by atoms with E-state index in [4.69, 9.17) is 0 Å². The van der Waals surface area contributed by atoms with Crippen molar-refractivity contribution >= 4 is 17.4 Å². The van der Waals surface area contributed by atoms with Gasteiger partial charge in [0.2, 0.25) is 0 Å². The van der Waals surface area contributed by atoms with Gasteiger partial charge in [-0.1, -0.05) is 29.8 Å². The highest BCUT2D eigenvalue weighted by Gasteiger charge is 2.20. The Kier molecular flexibility index (Phi) is 4.07. The van der Waals surface area contributed by atoms with Gasteiger partial charge in [0.1, 0.15) is 0 Å². The minimum atomic E-state index is -1.71. The number of amides is 1. The van der Waals surface area contributed by atoms with Gasteiger partial charge in [-0.05, 0) is 19.1 Å². The molecule has 0 aliphatic rings. The summed E-state index contributed by atoms with van der Waals surface area (Å²) in [5, 5.41) is 1.92. The molecule has 2 aromatic rings. The molecule has 0 bridgehead atoms. The Morgan fingerprint density at radius 2 is 1.52 bits per heavy atom. The molecule has 0 spiro atoms. The van der Waals surface area contributed by atoms with Gasteiger partial charge in [0.05, 0.1) is 5.69 Å². The number of carbonyl (C=O) groups excluding carboxylic acids is 2. The van der Waals surface area contributed by atoms with Crippen LogP contribution in [0.2, 0.25) is 0 Å². The molecule has 2 aromatic carbocycles. The lowest BCUT2D eigenvalue weighted by Gasteiger charge is -2.07. The van der Waals surface area contributed by atoms with Crippen LogP contribution in [0.15, 0.2) is 36.4 Å². The van der Waals surface area contributed by atoms with Gasteiger partial charge in [-0.15, -0.1) is 0 Å². The number of ketones is 1. The minimum absolute atomic E-state index is 0.112. The van der Waals surface area contributed by atoms with Crippen LogP contribution in [0, 0.1) is 24.4 Å². The van der Waals surface area contributed by atoms with E-state index < -0.39 is 34.8 Å². The summed E-state index contributed by atoms with van der Waals surface area (Å²) < 4.78 is 39.2. The second kappa shape index (κ2) is 5.78. The third-order valence-electron chi connectivity index (χ3n) is 2.80. The predicted molar refractivity (Wildman–Crippen MR) is 70.5 cm³/mol. The van der Waals surface area contributed by atoms with Crippen LogP contribution in [0.3, 0.4) is 0 Å². The van der Waals surface area contributed by atoms with Crippen molar-refractivity contribution in [3.63, 3.8) is 0 Å². The number of anilines is 1. The molecule has 1 amide bonds. The highest BCUT2D eigenvalue weighted by molar-refractivity contribution is 6.46. The fourth-order valence-electron chi connectivity index (χ4n) is 1.64. The first-order valence-electron chi connectivity index (χ1n) is 5.96. The van der Waals surface area contributed by atoms with Gasteiger partial charge in [0.15, 0.2) is 17.5 Å². The van der Waals surface area contributed by atoms with Crippen LogP contribution in [-0.2, 0) is 4.79 Å². The lowest BCUT2D eigenvalue weighted by molar-refractivity contribution is -0.112. The van der Waals surface area contributed by atoms with Crippen LogP contribution in [0.4, 0.5) is 18.9 Å². The quantitative estimate of drug-likeness (QED) is 0.536. The van der Waals surface area contributed by atoms with Crippen LogP contribution in [0.5, 0.6) is 0 Å². The molecule has 3 nitrogen and oxygen atoms in total. The largest absolute Gasteiger partial charge is 0.316 e.